The second-order valence-electron chi connectivity index (χ2n) is 9.53. The van der Waals surface area contributed by atoms with Gasteiger partial charge in [-0.15, -0.1) is 11.3 Å². The summed E-state index contributed by atoms with van der Waals surface area (Å²) >= 11 is 1.55. The Bertz CT molecular complexity index is 1580. The van der Waals surface area contributed by atoms with E-state index in [1.165, 1.54) is 12.1 Å². The minimum Gasteiger partial charge on any atom is -0.383 e. The van der Waals surface area contributed by atoms with Crippen LogP contribution in [0.2, 0.25) is 0 Å². The van der Waals surface area contributed by atoms with Crippen LogP contribution in [0.5, 0.6) is 0 Å². The van der Waals surface area contributed by atoms with Gasteiger partial charge in [0.25, 0.3) is 0 Å². The fourth-order valence-electron chi connectivity index (χ4n) is 4.42. The van der Waals surface area contributed by atoms with Crippen LogP contribution in [0.4, 0.5) is 35.2 Å². The zero-order chi connectivity index (χ0) is 28.3. The number of aromatic nitrogens is 1. The number of likely N-dealkylation sites (N-methyl/N-ethyl adjacent to an activating group) is 1. The molecule has 1 aliphatic rings. The van der Waals surface area contributed by atoms with Gasteiger partial charge in [0.15, 0.2) is 0 Å². The quantitative estimate of drug-likeness (QED) is 0.273. The topological polar surface area (TPSA) is 86.5 Å². The lowest BCUT2D eigenvalue weighted by Gasteiger charge is -2.30. The van der Waals surface area contributed by atoms with Crippen LogP contribution in [0.25, 0.3) is 21.2 Å². The molecule has 0 bridgehead atoms. The number of thiophene rings is 1. The maximum Gasteiger partial charge on any atom is 0.416 e. The predicted molar refractivity (Wildman–Crippen MR) is 154 cm³/mol. The van der Waals surface area contributed by atoms with E-state index < -0.39 is 17.8 Å². The van der Waals surface area contributed by atoms with Gasteiger partial charge in [-0.05, 0) is 48.3 Å². The lowest BCUT2D eigenvalue weighted by molar-refractivity contribution is -0.137. The molecule has 5 rings (SSSR count). The summed E-state index contributed by atoms with van der Waals surface area (Å²) in [6.07, 6.45) is -2.78. The molecule has 0 saturated carbocycles. The maximum absolute atomic E-state index is 12.9. The highest BCUT2D eigenvalue weighted by Gasteiger charge is 2.30. The van der Waals surface area contributed by atoms with Crippen molar-refractivity contribution >= 4 is 44.6 Å². The molecule has 2 aromatic heterocycles. The van der Waals surface area contributed by atoms with Crippen LogP contribution in [0, 0.1) is 11.8 Å². The van der Waals surface area contributed by atoms with E-state index in [-0.39, 0.29) is 5.69 Å². The van der Waals surface area contributed by atoms with E-state index in [0.29, 0.717) is 18.1 Å². The molecule has 2 aromatic carbocycles. The van der Waals surface area contributed by atoms with Gasteiger partial charge in [0.2, 0.25) is 0 Å². The summed E-state index contributed by atoms with van der Waals surface area (Å²) < 4.78 is 39.8. The summed E-state index contributed by atoms with van der Waals surface area (Å²) in [4.78, 5) is 21.4. The zero-order valence-electron chi connectivity index (χ0n) is 21.7. The Morgan fingerprint density at radius 2 is 1.80 bits per heavy atom. The van der Waals surface area contributed by atoms with Gasteiger partial charge < -0.3 is 21.3 Å². The molecule has 0 spiro atoms. The Morgan fingerprint density at radius 3 is 2.52 bits per heavy atom. The van der Waals surface area contributed by atoms with Crippen LogP contribution in [-0.2, 0) is 6.18 Å². The number of halogens is 3. The molecule has 11 heteroatoms. The van der Waals surface area contributed by atoms with Gasteiger partial charge in [-0.2, -0.15) is 13.2 Å². The number of hydrogen-bond donors (Lipinski definition) is 3. The number of urea groups is 1. The van der Waals surface area contributed by atoms with E-state index in [1.807, 2.05) is 17.5 Å². The molecule has 0 aliphatic carbocycles. The van der Waals surface area contributed by atoms with Gasteiger partial charge in [0.05, 0.1) is 22.4 Å². The van der Waals surface area contributed by atoms with Crippen LogP contribution < -0.4 is 16.4 Å². The average Bonchev–Trinajstić information content (AvgIpc) is 3.38. The number of nitrogens with zero attached hydrogens (tertiary/aromatic N) is 3. The first-order valence-corrected chi connectivity index (χ1v) is 13.5. The maximum atomic E-state index is 12.9. The number of benzene rings is 2. The zero-order valence-corrected chi connectivity index (χ0v) is 22.5. The number of piperazine rings is 1. The number of amides is 2. The molecule has 7 nitrogen and oxygen atoms in total. The van der Waals surface area contributed by atoms with Crippen molar-refractivity contribution in [1.29, 1.82) is 0 Å². The molecule has 4 aromatic rings. The molecule has 40 heavy (non-hydrogen) atoms. The second kappa shape index (κ2) is 11.6. The Balaban J connectivity index is 1.28. The molecule has 0 unspecified atom stereocenters. The molecule has 3 heterocycles. The minimum absolute atomic E-state index is 0.0408. The van der Waals surface area contributed by atoms with E-state index in [0.717, 1.165) is 65.1 Å². The van der Waals surface area contributed by atoms with Gasteiger partial charge in [0, 0.05) is 54.7 Å². The highest BCUT2D eigenvalue weighted by molar-refractivity contribution is 7.18. The van der Waals surface area contributed by atoms with Crippen molar-refractivity contribution in [2.75, 3.05) is 56.1 Å². The number of fused-ring (bicyclic) bond motifs is 1. The van der Waals surface area contributed by atoms with Crippen LogP contribution in [-0.4, -0.2) is 60.6 Å². The van der Waals surface area contributed by atoms with Gasteiger partial charge in [-0.3, -0.25) is 4.90 Å². The Morgan fingerprint density at radius 1 is 1.07 bits per heavy atom. The number of nitrogen functional groups attached to an aromatic ring is 1. The molecule has 1 fully saturated rings. The van der Waals surface area contributed by atoms with Crippen LogP contribution in [0.1, 0.15) is 11.1 Å². The first kappa shape index (κ1) is 27.5. The number of carbonyl (C=O) groups excluding carboxylic acids is 1. The Labute approximate surface area is 233 Å². The van der Waals surface area contributed by atoms with Crippen molar-refractivity contribution in [1.82, 2.24) is 14.8 Å². The Kier molecular flexibility index (Phi) is 7.93. The average molecular weight is 565 g/mol. The molecule has 1 saturated heterocycles. The molecule has 2 amide bonds. The van der Waals surface area contributed by atoms with Crippen molar-refractivity contribution in [3.05, 3.63) is 71.2 Å². The predicted octanol–water partition coefficient (Wildman–Crippen LogP) is 5.81. The first-order valence-electron chi connectivity index (χ1n) is 12.6. The molecular formula is C29H27F3N6OS. The lowest BCUT2D eigenvalue weighted by atomic mass is 10.0. The van der Waals surface area contributed by atoms with E-state index in [2.05, 4.69) is 44.3 Å². The molecule has 0 atom stereocenters. The Hall–Kier alpha value is -4.11. The van der Waals surface area contributed by atoms with E-state index in [4.69, 9.17) is 5.73 Å². The van der Waals surface area contributed by atoms with E-state index >= 15 is 0 Å². The molecule has 0 radical (unpaired) electrons. The van der Waals surface area contributed by atoms with Crippen LogP contribution >= 0.6 is 11.3 Å². The fraction of sp³-hybridized carbons (Fsp3) is 0.241. The summed E-state index contributed by atoms with van der Waals surface area (Å²) in [6, 6.07) is 10.9. The monoisotopic (exact) mass is 564 g/mol. The van der Waals surface area contributed by atoms with Gasteiger partial charge in [0.1, 0.15) is 5.82 Å². The number of alkyl halides is 3. The molecular weight excluding hydrogens is 537 g/mol. The molecule has 206 valence electrons. The van der Waals surface area contributed by atoms with Gasteiger partial charge in [-0.25, -0.2) is 9.78 Å². The van der Waals surface area contributed by atoms with Crippen LogP contribution in [0.3, 0.4) is 0 Å². The largest absolute Gasteiger partial charge is 0.416 e. The van der Waals surface area contributed by atoms with Gasteiger partial charge in [-0.1, -0.05) is 30.0 Å². The number of hydrogen-bond acceptors (Lipinski definition) is 6. The summed E-state index contributed by atoms with van der Waals surface area (Å²) in [5.41, 5.74) is 8.58. The third-order valence-corrected chi connectivity index (χ3v) is 7.66. The van der Waals surface area contributed by atoms with Crippen molar-refractivity contribution in [3.8, 4) is 23.0 Å². The van der Waals surface area contributed by atoms with Crippen molar-refractivity contribution in [2.24, 2.45) is 0 Å². The van der Waals surface area contributed by atoms with Crippen molar-refractivity contribution in [2.45, 2.75) is 6.18 Å². The normalized spacial score (nSPS) is 14.5. The van der Waals surface area contributed by atoms with Gasteiger partial charge >= 0.3 is 12.2 Å². The van der Waals surface area contributed by atoms with Crippen LogP contribution in [0.15, 0.2) is 60.1 Å². The summed E-state index contributed by atoms with van der Waals surface area (Å²) in [6.45, 7) is 4.79. The summed E-state index contributed by atoms with van der Waals surface area (Å²) in [5.74, 6) is 6.97. The SMILES string of the molecule is CN1CCN(CC#Cc2cnc(N)c3c(-c4ccc(NC(=O)Nc5cccc(C(F)(F)F)c5)cc4)csc23)CC1. The second-order valence-corrected chi connectivity index (χ2v) is 10.4. The fourth-order valence-corrected chi connectivity index (χ4v) is 5.47. The number of nitrogens with one attached hydrogen (secondary N) is 2. The highest BCUT2D eigenvalue weighted by Crippen LogP contribution is 2.38. The van der Waals surface area contributed by atoms with E-state index in [9.17, 15) is 18.0 Å². The number of carbonyl (C=O) groups is 1. The van der Waals surface area contributed by atoms with Crippen molar-refractivity contribution in [3.63, 3.8) is 0 Å². The third-order valence-electron chi connectivity index (χ3n) is 6.65. The lowest BCUT2D eigenvalue weighted by Crippen LogP contribution is -2.44. The van der Waals surface area contributed by atoms with Crippen molar-refractivity contribution < 1.29 is 18.0 Å². The number of rotatable bonds is 4. The molecule has 4 N–H and O–H groups in total. The minimum atomic E-state index is -4.49. The standard InChI is InChI=1S/C29H27F3N6OS/c1-37-12-14-38(15-13-37)11-3-4-20-17-34-27(33)25-24(18-40-26(20)25)19-7-9-22(10-8-19)35-28(39)36-23-6-2-5-21(16-23)29(30,31)32/h2,5-10,16-18H,11-15H2,1H3,(H2,33,34)(H2,35,36,39). The summed E-state index contributed by atoms with van der Waals surface area (Å²) in [7, 11) is 2.12. The smallest absolute Gasteiger partial charge is 0.383 e. The number of anilines is 3. The van der Waals surface area contributed by atoms with E-state index in [1.54, 1.807) is 29.7 Å². The highest BCUT2D eigenvalue weighted by atomic mass is 32.1. The third kappa shape index (κ3) is 6.37. The molecule has 1 aliphatic heterocycles. The first-order chi connectivity index (χ1) is 19.2. The number of pyridine rings is 1. The number of nitrogens with two attached hydrogens (primary N) is 1. The summed E-state index contributed by atoms with van der Waals surface area (Å²) in [5, 5.41) is 7.92.